The predicted molar refractivity (Wildman–Crippen MR) is 91.1 cm³/mol. The van der Waals surface area contributed by atoms with Gasteiger partial charge in [0.15, 0.2) is 5.01 Å². The lowest BCUT2D eigenvalue weighted by atomic mass is 9.98. The average molecular weight is 353 g/mol. The van der Waals surface area contributed by atoms with E-state index >= 15 is 0 Å². The van der Waals surface area contributed by atoms with Gasteiger partial charge in [0.1, 0.15) is 0 Å². The quantitative estimate of drug-likeness (QED) is 0.907. The van der Waals surface area contributed by atoms with Crippen LogP contribution in [0.5, 0.6) is 0 Å². The highest BCUT2D eigenvalue weighted by molar-refractivity contribution is 7.88. The number of hydrogen-bond acceptors (Lipinski definition) is 5. The van der Waals surface area contributed by atoms with Crippen LogP contribution in [0.1, 0.15) is 22.6 Å². The number of carbonyl (C=O) groups is 1. The molecule has 1 aromatic heterocycles. The number of hydrogen-bond donors (Lipinski definition) is 1. The molecule has 124 valence electrons. The van der Waals surface area contributed by atoms with Gasteiger partial charge in [0.05, 0.1) is 16.5 Å². The second-order valence-electron chi connectivity index (χ2n) is 5.80. The van der Waals surface area contributed by atoms with Crippen molar-refractivity contribution < 1.29 is 13.2 Å². The molecule has 1 N–H and O–H groups in total. The zero-order chi connectivity index (χ0) is 16.4. The number of piperidine rings is 1. The molecular weight excluding hydrogens is 334 g/mol. The van der Waals surface area contributed by atoms with E-state index in [2.05, 4.69) is 10.3 Å². The first-order valence-electron chi connectivity index (χ1n) is 7.52. The van der Waals surface area contributed by atoms with Gasteiger partial charge in [-0.2, -0.15) is 0 Å². The molecule has 1 aliphatic heterocycles. The average Bonchev–Trinajstić information content (AvgIpc) is 2.96. The first kappa shape index (κ1) is 16.4. The molecule has 3 rings (SSSR count). The molecule has 0 radical (unpaired) electrons. The van der Waals surface area contributed by atoms with E-state index in [1.807, 2.05) is 24.3 Å². The first-order chi connectivity index (χ1) is 10.9. The van der Waals surface area contributed by atoms with Crippen LogP contribution in [0.4, 0.5) is 0 Å². The highest BCUT2D eigenvalue weighted by Crippen LogP contribution is 2.22. The van der Waals surface area contributed by atoms with Crippen LogP contribution in [0.2, 0.25) is 0 Å². The number of aromatic nitrogens is 1. The third-order valence-corrected chi connectivity index (χ3v) is 6.42. The maximum atomic E-state index is 12.2. The van der Waals surface area contributed by atoms with E-state index in [-0.39, 0.29) is 5.91 Å². The van der Waals surface area contributed by atoms with Gasteiger partial charge < -0.3 is 5.32 Å². The summed E-state index contributed by atoms with van der Waals surface area (Å²) in [6.07, 6.45) is 2.78. The van der Waals surface area contributed by atoms with E-state index in [0.717, 1.165) is 23.1 Å². The van der Waals surface area contributed by atoms with Gasteiger partial charge in [-0.1, -0.05) is 12.1 Å². The molecule has 2 heterocycles. The van der Waals surface area contributed by atoms with Crippen LogP contribution in [0.15, 0.2) is 24.3 Å². The summed E-state index contributed by atoms with van der Waals surface area (Å²) in [4.78, 5) is 16.6. The summed E-state index contributed by atoms with van der Waals surface area (Å²) in [6, 6.07) is 7.67. The van der Waals surface area contributed by atoms with Crippen molar-refractivity contribution >= 4 is 37.5 Å². The van der Waals surface area contributed by atoms with Crippen molar-refractivity contribution in [2.45, 2.75) is 12.8 Å². The molecule has 1 aromatic carbocycles. The number of rotatable bonds is 4. The summed E-state index contributed by atoms with van der Waals surface area (Å²) >= 11 is 1.39. The maximum Gasteiger partial charge on any atom is 0.280 e. The second kappa shape index (κ2) is 6.54. The number of nitrogens with zero attached hydrogens (tertiary/aromatic N) is 2. The number of nitrogens with one attached hydrogen (secondary N) is 1. The predicted octanol–water partition coefficient (Wildman–Crippen LogP) is 1.70. The van der Waals surface area contributed by atoms with Crippen molar-refractivity contribution in [2.24, 2.45) is 5.92 Å². The van der Waals surface area contributed by atoms with Gasteiger partial charge in [-0.05, 0) is 30.9 Å². The molecule has 6 nitrogen and oxygen atoms in total. The van der Waals surface area contributed by atoms with Crippen LogP contribution in [0.25, 0.3) is 10.2 Å². The molecule has 1 saturated heterocycles. The van der Waals surface area contributed by atoms with Crippen molar-refractivity contribution in [1.82, 2.24) is 14.6 Å². The topological polar surface area (TPSA) is 79.4 Å². The van der Waals surface area contributed by atoms with Crippen LogP contribution < -0.4 is 5.32 Å². The van der Waals surface area contributed by atoms with E-state index in [0.29, 0.717) is 30.6 Å². The van der Waals surface area contributed by atoms with E-state index in [1.165, 1.54) is 21.9 Å². The van der Waals surface area contributed by atoms with E-state index in [1.54, 1.807) is 0 Å². The number of fused-ring (bicyclic) bond motifs is 1. The summed E-state index contributed by atoms with van der Waals surface area (Å²) < 4.78 is 25.5. The molecule has 0 spiro atoms. The van der Waals surface area contributed by atoms with Crippen molar-refractivity contribution in [2.75, 3.05) is 25.9 Å². The Hall–Kier alpha value is -1.51. The monoisotopic (exact) mass is 353 g/mol. The maximum absolute atomic E-state index is 12.2. The van der Waals surface area contributed by atoms with Gasteiger partial charge in [0.2, 0.25) is 10.0 Å². The van der Waals surface area contributed by atoms with Gasteiger partial charge in [-0.25, -0.2) is 17.7 Å². The van der Waals surface area contributed by atoms with Gasteiger partial charge in [0.25, 0.3) is 5.91 Å². The minimum atomic E-state index is -3.10. The van der Waals surface area contributed by atoms with E-state index in [4.69, 9.17) is 0 Å². The van der Waals surface area contributed by atoms with Crippen molar-refractivity contribution in [3.8, 4) is 0 Å². The van der Waals surface area contributed by atoms with E-state index in [9.17, 15) is 13.2 Å². The Kier molecular flexibility index (Phi) is 4.65. The van der Waals surface area contributed by atoms with Crippen LogP contribution in [-0.4, -0.2) is 49.5 Å². The Balaban J connectivity index is 1.54. The minimum Gasteiger partial charge on any atom is -0.350 e. The lowest BCUT2D eigenvalue weighted by Gasteiger charge is -2.30. The number of benzene rings is 1. The first-order valence-corrected chi connectivity index (χ1v) is 10.2. The molecule has 1 amide bonds. The van der Waals surface area contributed by atoms with Gasteiger partial charge >= 0.3 is 0 Å². The van der Waals surface area contributed by atoms with E-state index < -0.39 is 10.0 Å². The normalized spacial score (nSPS) is 17.4. The Bertz CT molecular complexity index is 775. The fourth-order valence-corrected chi connectivity index (χ4v) is 4.48. The summed E-state index contributed by atoms with van der Waals surface area (Å²) in [5.41, 5.74) is 0.837. The Morgan fingerprint density at radius 2 is 2.04 bits per heavy atom. The molecule has 0 aliphatic carbocycles. The molecule has 1 fully saturated rings. The Morgan fingerprint density at radius 3 is 2.70 bits per heavy atom. The van der Waals surface area contributed by atoms with Crippen LogP contribution in [0.3, 0.4) is 0 Å². The lowest BCUT2D eigenvalue weighted by molar-refractivity contribution is 0.0941. The summed E-state index contributed by atoms with van der Waals surface area (Å²) in [6.45, 7) is 1.62. The number of thiazole rings is 1. The number of carbonyl (C=O) groups excluding carboxylic acids is 1. The van der Waals surface area contributed by atoms with Gasteiger partial charge in [-0.15, -0.1) is 11.3 Å². The van der Waals surface area contributed by atoms with Gasteiger partial charge in [-0.3, -0.25) is 4.79 Å². The fourth-order valence-electron chi connectivity index (χ4n) is 2.73. The Morgan fingerprint density at radius 1 is 1.35 bits per heavy atom. The molecule has 8 heteroatoms. The number of para-hydroxylation sites is 1. The third-order valence-electron chi connectivity index (χ3n) is 4.08. The van der Waals surface area contributed by atoms with Crippen LogP contribution in [0, 0.1) is 5.92 Å². The fraction of sp³-hybridized carbons (Fsp3) is 0.467. The molecular formula is C15H19N3O3S2. The van der Waals surface area contributed by atoms with Crippen molar-refractivity contribution in [3.63, 3.8) is 0 Å². The molecule has 1 aliphatic rings. The third kappa shape index (κ3) is 3.88. The highest BCUT2D eigenvalue weighted by atomic mass is 32.2. The van der Waals surface area contributed by atoms with Crippen LogP contribution >= 0.6 is 11.3 Å². The molecule has 0 bridgehead atoms. The number of amides is 1. The summed E-state index contributed by atoms with van der Waals surface area (Å²) in [5, 5.41) is 3.40. The molecule has 0 atom stereocenters. The summed E-state index contributed by atoms with van der Waals surface area (Å²) in [5.74, 6) is 0.156. The molecule has 2 aromatic rings. The molecule has 0 saturated carbocycles. The largest absolute Gasteiger partial charge is 0.350 e. The molecule has 23 heavy (non-hydrogen) atoms. The SMILES string of the molecule is CS(=O)(=O)N1CCC(CNC(=O)c2nc3ccccc3s2)CC1. The zero-order valence-corrected chi connectivity index (χ0v) is 14.5. The van der Waals surface area contributed by atoms with Crippen LogP contribution in [-0.2, 0) is 10.0 Å². The van der Waals surface area contributed by atoms with Crippen molar-refractivity contribution in [1.29, 1.82) is 0 Å². The second-order valence-corrected chi connectivity index (χ2v) is 8.82. The lowest BCUT2D eigenvalue weighted by Crippen LogP contribution is -2.41. The Labute approximate surface area is 139 Å². The minimum absolute atomic E-state index is 0.156. The zero-order valence-electron chi connectivity index (χ0n) is 12.9. The summed E-state index contributed by atoms with van der Waals surface area (Å²) in [7, 11) is -3.10. The van der Waals surface area contributed by atoms with Crippen molar-refractivity contribution in [3.05, 3.63) is 29.3 Å². The molecule has 0 unspecified atom stereocenters. The van der Waals surface area contributed by atoms with Gasteiger partial charge in [0, 0.05) is 19.6 Å². The standard InChI is InChI=1S/C15H19N3O3S2/c1-23(20,21)18-8-6-11(7-9-18)10-16-14(19)15-17-12-4-2-3-5-13(12)22-15/h2-5,11H,6-10H2,1H3,(H,16,19). The highest BCUT2D eigenvalue weighted by Gasteiger charge is 2.25. The number of sulfonamides is 1. The smallest absolute Gasteiger partial charge is 0.280 e.